The Bertz CT molecular complexity index is 1890. The third-order valence-corrected chi connectivity index (χ3v) is 19.6. The molecule has 0 fully saturated rings. The summed E-state index contributed by atoms with van der Waals surface area (Å²) in [6.07, 6.45) is 7.00. The molecule has 0 aromatic heterocycles. The molecule has 0 heterocycles. The number of benzene rings is 4. The molecule has 0 spiro atoms. The van der Waals surface area contributed by atoms with Crippen LogP contribution >= 0.6 is 22.8 Å². The van der Waals surface area contributed by atoms with Crippen LogP contribution in [0.1, 0.15) is 99.9 Å². The molecule has 0 aliphatic carbocycles. The van der Waals surface area contributed by atoms with Gasteiger partial charge in [-0.05, 0) is 73.6 Å². The molecule has 23 heteroatoms. The quantitative estimate of drug-likeness (QED) is 0.0820. The van der Waals surface area contributed by atoms with Crippen molar-refractivity contribution in [1.29, 1.82) is 0 Å². The maximum absolute atomic E-state index is 11.1. The summed E-state index contributed by atoms with van der Waals surface area (Å²) >= 11 is 17.7. The third-order valence-electron chi connectivity index (χ3n) is 8.70. The molecule has 0 bridgehead atoms. The van der Waals surface area contributed by atoms with Crippen LogP contribution < -0.4 is 39.1 Å². The molecule has 0 aliphatic heterocycles. The molecular formula is C40H52Mo3O8P4S8+4. The first-order chi connectivity index (χ1) is 27.9. The molecule has 8 nitrogen and oxygen atoms in total. The molecule has 0 aliphatic rings. The normalized spacial score (nSPS) is 11.0. The van der Waals surface area contributed by atoms with Crippen molar-refractivity contribution in [3.05, 3.63) is 117 Å². The minimum Gasteiger partial charge on any atom is -0.815 e. The number of rotatable bonds is 12. The maximum atomic E-state index is 11.1. The fraction of sp³-hybridized carbons (Fsp3) is 0.400. The zero-order valence-electron chi connectivity index (χ0n) is 36.1. The van der Waals surface area contributed by atoms with Gasteiger partial charge in [0.15, 0.2) is 0 Å². The summed E-state index contributed by atoms with van der Waals surface area (Å²) in [4.78, 5) is 91.7. The monoisotopic (exact) mass is 1330 g/mol. The van der Waals surface area contributed by atoms with Gasteiger partial charge in [-0.3, -0.25) is 0 Å². The number of aryl methyl sites for hydroxylation is 4. The summed E-state index contributed by atoms with van der Waals surface area (Å²) in [6.45, 7) is 16.4. The van der Waals surface area contributed by atoms with Gasteiger partial charge in [-0.1, -0.05) is 104 Å². The van der Waals surface area contributed by atoms with Crippen LogP contribution in [0.3, 0.4) is 0 Å². The largest absolute Gasteiger partial charge is 4.00 e. The van der Waals surface area contributed by atoms with E-state index in [0.29, 0.717) is 0 Å². The summed E-state index contributed by atoms with van der Waals surface area (Å²) in [6, 6.07) is 22.9. The van der Waals surface area contributed by atoms with Gasteiger partial charge in [-0.2, -0.15) is 0 Å². The minimum absolute atomic E-state index is 0. The first kappa shape index (κ1) is 69.9. The van der Waals surface area contributed by atoms with E-state index in [4.69, 9.17) is 0 Å². The Labute approximate surface area is 456 Å². The summed E-state index contributed by atoms with van der Waals surface area (Å²) in [7, 11) is 3.19. The molecule has 0 saturated heterocycles. The Balaban J connectivity index is -0.000000750. The second-order valence-electron chi connectivity index (χ2n) is 12.6. The van der Waals surface area contributed by atoms with E-state index in [1.807, 2.05) is 100 Å². The van der Waals surface area contributed by atoms with E-state index in [-0.39, 0.29) is 63.2 Å². The predicted molar refractivity (Wildman–Crippen MR) is 260 cm³/mol. The van der Waals surface area contributed by atoms with Gasteiger partial charge in [-0.15, -0.1) is 22.8 Å². The summed E-state index contributed by atoms with van der Waals surface area (Å²) in [5.41, 5.74) is -5.62. The van der Waals surface area contributed by atoms with Crippen molar-refractivity contribution in [1.82, 2.24) is 0 Å². The molecule has 0 radical (unpaired) electrons. The first-order valence-corrected chi connectivity index (χ1v) is 35.4. The van der Waals surface area contributed by atoms with Gasteiger partial charge < -0.3 is 88.1 Å². The summed E-state index contributed by atoms with van der Waals surface area (Å²) < 4.78 is 0. The zero-order chi connectivity index (χ0) is 45.9. The molecule has 4 rings (SSSR count). The van der Waals surface area contributed by atoms with Crippen LogP contribution in [0.4, 0.5) is 0 Å². The fourth-order valence-electron chi connectivity index (χ4n) is 6.20. The van der Waals surface area contributed by atoms with Crippen LogP contribution in [-0.4, -0.2) is 0 Å². The predicted octanol–water partition coefficient (Wildman–Crippen LogP) is 4.78. The van der Waals surface area contributed by atoms with Crippen LogP contribution in [-0.2, 0) is 207 Å². The van der Waals surface area contributed by atoms with E-state index < -0.39 is 22.8 Å². The molecule has 0 saturated carbocycles. The molecule has 4 aromatic rings. The summed E-state index contributed by atoms with van der Waals surface area (Å²) in [5.74, 6) is 0. The second kappa shape index (κ2) is 34.9. The first-order valence-electron chi connectivity index (χ1n) is 19.2. The van der Waals surface area contributed by atoms with Gasteiger partial charge in [0.2, 0.25) is 19.6 Å². The zero-order valence-corrected chi connectivity index (χ0v) is 52.3. The van der Waals surface area contributed by atoms with Crippen molar-refractivity contribution < 1.29 is 102 Å². The van der Waals surface area contributed by atoms with Crippen LogP contribution in [0.15, 0.2) is 92.4 Å². The van der Waals surface area contributed by atoms with E-state index in [1.54, 1.807) is 0 Å². The second-order valence-corrected chi connectivity index (χ2v) is 35.1. The number of hydrogen-bond donors (Lipinski definition) is 0. The van der Waals surface area contributed by atoms with Gasteiger partial charge in [0.05, 0.1) is 0 Å². The molecule has 0 N–H and O–H groups in total. The minimum atomic E-state index is -3.71. The molecule has 0 unspecified atom stereocenters. The van der Waals surface area contributed by atoms with Gasteiger partial charge >= 0.3 is 63.2 Å². The van der Waals surface area contributed by atoms with Crippen molar-refractivity contribution in [2.24, 2.45) is 0 Å². The van der Waals surface area contributed by atoms with Crippen LogP contribution in [0.5, 0.6) is 0 Å². The van der Waals surface area contributed by atoms with Crippen molar-refractivity contribution in [2.45, 2.75) is 126 Å². The Morgan fingerprint density at radius 2 is 0.476 bits per heavy atom. The van der Waals surface area contributed by atoms with Gasteiger partial charge in [-0.25, -0.2) is 0 Å². The molecular weight excluding hydrogens is 1280 g/mol. The molecule has 342 valence electrons. The van der Waals surface area contributed by atoms with Crippen LogP contribution in [0.25, 0.3) is 0 Å². The summed E-state index contributed by atoms with van der Waals surface area (Å²) in [5, 5.41) is 0. The molecule has 0 atom stereocenters. The van der Waals surface area contributed by atoms with Crippen molar-refractivity contribution in [2.75, 3.05) is 0 Å². The Morgan fingerprint density at radius 1 is 0.317 bits per heavy atom. The van der Waals surface area contributed by atoms with E-state index in [0.717, 1.165) is 137 Å². The van der Waals surface area contributed by atoms with Crippen LogP contribution in [0, 0.1) is 0 Å². The van der Waals surface area contributed by atoms with Crippen molar-refractivity contribution >= 4 is 116 Å². The van der Waals surface area contributed by atoms with Crippen molar-refractivity contribution in [3.8, 4) is 0 Å². The smallest absolute Gasteiger partial charge is 0.815 e. The topological polar surface area (TPSA) is 184 Å². The average molecular weight is 1330 g/mol. The molecule has 63 heavy (non-hydrogen) atoms. The van der Waals surface area contributed by atoms with E-state index in [1.165, 1.54) is 22.3 Å². The standard InChI is InChI=1S/4C10H13O2PS2.3Mo/c4*1-3-8-6-5-7-10(9(8)4-2)15-13(11,12)14;;;/h4*5-7H,3-4H2,1-2H3;;;/q4*-2;3*+4. The van der Waals surface area contributed by atoms with E-state index in [9.17, 15) is 39.1 Å². The van der Waals surface area contributed by atoms with E-state index >= 15 is 0 Å². The SMILES string of the molecule is CCc1cccc([S+]=P([O-])([O-])[S-])c1CC.CCc1cccc([S+]=P([O-])([O-])[S-])c1CC.CCc1cccc([S+]=P([O-])([O-])[S-])c1CC.CCc1cccc([S+]=P([O-])([O-])[S-])c1CC.[Mo+4].[Mo+4].[Mo+4]. The average Bonchev–Trinajstić information content (AvgIpc) is 3.15. The van der Waals surface area contributed by atoms with Gasteiger partial charge in [0, 0.05) is 46.5 Å². The fourth-order valence-corrected chi connectivity index (χ4v) is 17.1. The van der Waals surface area contributed by atoms with Gasteiger partial charge in [0.1, 0.15) is 43.8 Å². The third kappa shape index (κ3) is 28.3. The maximum Gasteiger partial charge on any atom is 4.00 e. The Morgan fingerprint density at radius 3 is 0.587 bits per heavy atom. The van der Waals surface area contributed by atoms with E-state index in [2.05, 4.69) is 76.7 Å². The van der Waals surface area contributed by atoms with Crippen molar-refractivity contribution in [3.63, 3.8) is 0 Å². The molecule has 4 aromatic carbocycles. The molecule has 0 amide bonds. The Hall–Kier alpha value is 2.62. The van der Waals surface area contributed by atoms with Gasteiger partial charge in [0.25, 0.3) is 0 Å². The van der Waals surface area contributed by atoms with Crippen LogP contribution in [0.2, 0.25) is 0 Å². The number of hydrogen-bond acceptors (Lipinski definition) is 12. The Kier molecular flexibility index (Phi) is 38.7.